The summed E-state index contributed by atoms with van der Waals surface area (Å²) >= 11 is 0. The van der Waals surface area contributed by atoms with Gasteiger partial charge in [0.05, 0.1) is 12.2 Å². The van der Waals surface area contributed by atoms with Crippen molar-refractivity contribution in [2.45, 2.75) is 58.0 Å². The molecule has 0 saturated heterocycles. The minimum Gasteiger partial charge on any atom is -0.351 e. The van der Waals surface area contributed by atoms with Gasteiger partial charge in [0.15, 0.2) is 0 Å². The Morgan fingerprint density at radius 3 is 2.54 bits per heavy atom. The van der Waals surface area contributed by atoms with E-state index in [1.165, 1.54) is 29.3 Å². The molecule has 1 aliphatic carbocycles. The first kappa shape index (κ1) is 29.6. The maximum atomic E-state index is 14.4. The van der Waals surface area contributed by atoms with Gasteiger partial charge in [-0.3, -0.25) is 24.5 Å². The molecule has 198 valence electrons. The molecule has 0 radical (unpaired) electrons. The van der Waals surface area contributed by atoms with Crippen molar-refractivity contribution in [2.75, 3.05) is 18.0 Å². The smallest absolute Gasteiger partial charge is 0.248 e. The van der Waals surface area contributed by atoms with Crippen LogP contribution in [0.3, 0.4) is 0 Å². The second kappa shape index (κ2) is 15.5. The molecule has 1 aromatic carbocycles. The molecule has 0 aliphatic heterocycles. The third-order valence-corrected chi connectivity index (χ3v) is 6.24. The number of amides is 2. The predicted molar refractivity (Wildman–Crippen MR) is 150 cm³/mol. The molecule has 2 rings (SSSR count). The van der Waals surface area contributed by atoms with E-state index in [0.29, 0.717) is 11.3 Å². The lowest BCUT2D eigenvalue weighted by Gasteiger charge is -2.34. The van der Waals surface area contributed by atoms with Crippen molar-refractivity contribution >= 4 is 30.9 Å². The number of carbonyl (C=O) groups excluding carboxylic acids is 2. The van der Waals surface area contributed by atoms with E-state index in [1.54, 1.807) is 18.2 Å². The van der Waals surface area contributed by atoms with Gasteiger partial charge in [-0.05, 0) is 69.5 Å². The maximum Gasteiger partial charge on any atom is 0.248 e. The van der Waals surface area contributed by atoms with Crippen LogP contribution >= 0.6 is 0 Å². The van der Waals surface area contributed by atoms with Crippen LogP contribution in [0, 0.1) is 5.82 Å². The summed E-state index contributed by atoms with van der Waals surface area (Å²) in [4.78, 5) is 36.5. The number of hydrogen-bond acceptors (Lipinski definition) is 5. The Bertz CT molecular complexity index is 1070. The minimum atomic E-state index is -1.03. The van der Waals surface area contributed by atoms with Crippen LogP contribution in [-0.2, 0) is 9.59 Å². The Morgan fingerprint density at radius 1 is 1.22 bits per heavy atom. The first-order valence-electron chi connectivity index (χ1n) is 12.5. The number of benzene rings is 1. The van der Waals surface area contributed by atoms with Gasteiger partial charge in [0.25, 0.3) is 0 Å². The molecule has 1 fully saturated rings. The Balaban J connectivity index is 2.54. The monoisotopic (exact) mass is 507 g/mol. The molecule has 1 unspecified atom stereocenters. The lowest BCUT2D eigenvalue weighted by atomic mass is 9.93. The van der Waals surface area contributed by atoms with Crippen molar-refractivity contribution in [2.24, 2.45) is 9.98 Å². The molecule has 0 spiro atoms. The lowest BCUT2D eigenvalue weighted by molar-refractivity contribution is -0.126. The zero-order valence-electron chi connectivity index (χ0n) is 21.9. The summed E-state index contributed by atoms with van der Waals surface area (Å²) < 4.78 is 14.4. The largest absolute Gasteiger partial charge is 0.351 e. The molecule has 37 heavy (non-hydrogen) atoms. The van der Waals surface area contributed by atoms with Gasteiger partial charge in [0.1, 0.15) is 11.9 Å². The Kier molecular flexibility index (Phi) is 12.4. The van der Waals surface area contributed by atoms with Crippen LogP contribution in [0.4, 0.5) is 10.1 Å². The van der Waals surface area contributed by atoms with Crippen LogP contribution < -0.4 is 15.5 Å². The third-order valence-electron chi connectivity index (χ3n) is 6.24. The highest BCUT2D eigenvalue weighted by molar-refractivity contribution is 6.04. The van der Waals surface area contributed by atoms with E-state index >= 15 is 0 Å². The lowest BCUT2D eigenvalue weighted by Crippen LogP contribution is -2.55. The van der Waals surface area contributed by atoms with Crippen molar-refractivity contribution in [3.05, 3.63) is 77.9 Å². The predicted octanol–water partition coefficient (Wildman–Crippen LogP) is 4.89. The average molecular weight is 508 g/mol. The summed E-state index contributed by atoms with van der Waals surface area (Å²) in [7, 11) is 0. The fraction of sp³-hybridized carbons (Fsp3) is 0.379. The van der Waals surface area contributed by atoms with E-state index in [9.17, 15) is 14.0 Å². The van der Waals surface area contributed by atoms with Crippen LogP contribution in [0.2, 0.25) is 0 Å². The average Bonchev–Trinajstić information content (AvgIpc) is 2.90. The fourth-order valence-electron chi connectivity index (χ4n) is 4.35. The summed E-state index contributed by atoms with van der Waals surface area (Å²) in [6.07, 6.45) is 11.7. The molecule has 2 N–H and O–H groups in total. The van der Waals surface area contributed by atoms with Gasteiger partial charge in [0, 0.05) is 24.5 Å². The second-order valence-corrected chi connectivity index (χ2v) is 8.90. The fourth-order valence-corrected chi connectivity index (χ4v) is 4.35. The number of carbonyl (C=O) groups is 2. The molecule has 1 saturated carbocycles. The summed E-state index contributed by atoms with van der Waals surface area (Å²) in [5.41, 5.74) is 2.12. The molecule has 0 heterocycles. The molecule has 0 aromatic heterocycles. The molecule has 2 amide bonds. The van der Waals surface area contributed by atoms with Crippen LogP contribution in [-0.4, -0.2) is 50.4 Å². The maximum absolute atomic E-state index is 14.4. The number of hydrogen-bond donors (Lipinski definition) is 2. The molecule has 7 nitrogen and oxygen atoms in total. The number of nitrogens with zero attached hydrogens (tertiary/aromatic N) is 3. The minimum absolute atomic E-state index is 0.0278. The summed E-state index contributed by atoms with van der Waals surface area (Å²) in [6.45, 7) is 14.5. The SMILES string of the molecule is C=C/C(C)=C(\C=C/C)C(C(=O)NC1CCCCC1)N(C(=O)CNC/C(=C/N=C)N=C)c1cccc(F)c1. The standard InChI is InChI=1S/C29H38FN5O2/c1-6-12-26(21(3)7-2)28(29(37)34-23-14-9-8-10-15-23)35(25-16-11-13-22(30)17-25)27(36)20-33-19-24(32-5)18-31-4/h6-7,11-13,16-18,23,28,33H,2,4-5,8-10,14-15,19-20H2,1,3H3,(H,34,37)/b12-6-,24-18-,26-21+. The van der Waals surface area contributed by atoms with Crippen molar-refractivity contribution in [3.8, 4) is 0 Å². The van der Waals surface area contributed by atoms with Crippen molar-refractivity contribution in [1.82, 2.24) is 10.6 Å². The summed E-state index contributed by atoms with van der Waals surface area (Å²) in [5, 5.41) is 6.17. The van der Waals surface area contributed by atoms with Gasteiger partial charge < -0.3 is 10.6 Å². The molecule has 8 heteroatoms. The van der Waals surface area contributed by atoms with E-state index in [1.807, 2.05) is 19.9 Å². The normalized spacial score (nSPS) is 16.0. The second-order valence-electron chi connectivity index (χ2n) is 8.90. The van der Waals surface area contributed by atoms with E-state index in [-0.39, 0.29) is 30.7 Å². The van der Waals surface area contributed by atoms with E-state index < -0.39 is 17.8 Å². The van der Waals surface area contributed by atoms with Gasteiger partial charge in [-0.25, -0.2) is 4.39 Å². The van der Waals surface area contributed by atoms with Gasteiger partial charge in [-0.15, -0.1) is 0 Å². The Morgan fingerprint density at radius 2 is 1.95 bits per heavy atom. The highest BCUT2D eigenvalue weighted by Crippen LogP contribution is 2.27. The van der Waals surface area contributed by atoms with Crippen molar-refractivity contribution in [3.63, 3.8) is 0 Å². The molecular weight excluding hydrogens is 469 g/mol. The van der Waals surface area contributed by atoms with E-state index in [2.05, 4.69) is 40.6 Å². The van der Waals surface area contributed by atoms with Crippen LogP contribution in [0.15, 0.2) is 82.1 Å². The van der Waals surface area contributed by atoms with Crippen LogP contribution in [0.25, 0.3) is 0 Å². The quantitative estimate of drug-likeness (QED) is 0.295. The first-order valence-corrected chi connectivity index (χ1v) is 12.5. The Hall–Kier alpha value is -3.65. The number of halogens is 1. The van der Waals surface area contributed by atoms with E-state index in [0.717, 1.165) is 37.7 Å². The number of anilines is 1. The van der Waals surface area contributed by atoms with Gasteiger partial charge >= 0.3 is 0 Å². The van der Waals surface area contributed by atoms with Gasteiger partial charge in [-0.1, -0.05) is 50.1 Å². The Labute approximate surface area is 219 Å². The molecule has 1 atom stereocenters. The molecule has 1 aliphatic rings. The third kappa shape index (κ3) is 8.75. The number of nitrogens with one attached hydrogen (secondary N) is 2. The zero-order valence-corrected chi connectivity index (χ0v) is 21.9. The highest BCUT2D eigenvalue weighted by atomic mass is 19.1. The van der Waals surface area contributed by atoms with Crippen LogP contribution in [0.1, 0.15) is 46.0 Å². The molecular formula is C29H38FN5O2. The topological polar surface area (TPSA) is 86.2 Å². The van der Waals surface area contributed by atoms with Crippen molar-refractivity contribution < 1.29 is 14.0 Å². The first-order chi connectivity index (χ1) is 17.9. The molecule has 0 bridgehead atoms. The van der Waals surface area contributed by atoms with Gasteiger partial charge in [0.2, 0.25) is 11.8 Å². The number of allylic oxidation sites excluding steroid dienone is 3. The van der Waals surface area contributed by atoms with E-state index in [4.69, 9.17) is 0 Å². The highest BCUT2D eigenvalue weighted by Gasteiger charge is 2.35. The molecule has 1 aromatic rings. The summed E-state index contributed by atoms with van der Waals surface area (Å²) in [6, 6.07) is 4.69. The van der Waals surface area contributed by atoms with Gasteiger partial charge in [-0.2, -0.15) is 0 Å². The zero-order chi connectivity index (χ0) is 27.2. The van der Waals surface area contributed by atoms with Crippen molar-refractivity contribution in [1.29, 1.82) is 0 Å². The number of rotatable bonds is 13. The number of aliphatic imine (C=N–C) groups is 2. The van der Waals surface area contributed by atoms with Crippen LogP contribution in [0.5, 0.6) is 0 Å². The summed E-state index contributed by atoms with van der Waals surface area (Å²) in [5.74, 6) is -1.24.